The van der Waals surface area contributed by atoms with E-state index < -0.39 is 5.97 Å². The molecular formula is C28H28N4O4S2. The first-order valence-corrected chi connectivity index (χ1v) is 13.7. The number of aryl methyl sites for hydroxylation is 2. The Labute approximate surface area is 229 Å². The summed E-state index contributed by atoms with van der Waals surface area (Å²) in [6.45, 7) is 4.39. The van der Waals surface area contributed by atoms with Crippen LogP contribution in [0.2, 0.25) is 0 Å². The lowest BCUT2D eigenvalue weighted by atomic mass is 10.0. The van der Waals surface area contributed by atoms with Gasteiger partial charge in [-0.25, -0.2) is 4.79 Å². The van der Waals surface area contributed by atoms with Crippen LogP contribution in [-0.2, 0) is 28.9 Å². The first kappa shape index (κ1) is 27.2. The van der Waals surface area contributed by atoms with Crippen LogP contribution in [0.3, 0.4) is 0 Å². The van der Waals surface area contributed by atoms with Crippen LogP contribution in [0.1, 0.15) is 21.7 Å². The summed E-state index contributed by atoms with van der Waals surface area (Å²) in [5, 5.41) is 14.4. The van der Waals surface area contributed by atoms with Crippen molar-refractivity contribution in [3.8, 4) is 16.9 Å². The van der Waals surface area contributed by atoms with Gasteiger partial charge in [0.25, 0.3) is 0 Å². The molecule has 2 aromatic carbocycles. The van der Waals surface area contributed by atoms with Crippen LogP contribution in [0.15, 0.2) is 77.8 Å². The number of allylic oxidation sites excluding steroid dienone is 1. The normalized spacial score (nSPS) is 10.7. The number of methoxy groups -OCH3 is 2. The first-order chi connectivity index (χ1) is 18.5. The number of hydrogen-bond acceptors (Lipinski definition) is 8. The number of benzene rings is 2. The highest BCUT2D eigenvalue weighted by atomic mass is 32.2. The Morgan fingerprint density at radius 2 is 1.84 bits per heavy atom. The smallest absolute Gasteiger partial charge is 0.341 e. The van der Waals surface area contributed by atoms with Gasteiger partial charge in [-0.3, -0.25) is 4.79 Å². The van der Waals surface area contributed by atoms with Crippen molar-refractivity contribution in [1.29, 1.82) is 0 Å². The number of anilines is 1. The van der Waals surface area contributed by atoms with Gasteiger partial charge in [0.15, 0.2) is 5.16 Å². The molecule has 0 fully saturated rings. The number of carbonyl (C=O) groups is 2. The van der Waals surface area contributed by atoms with Crippen molar-refractivity contribution >= 4 is 40.0 Å². The summed E-state index contributed by atoms with van der Waals surface area (Å²) in [7, 11) is 2.91. The predicted octanol–water partition coefficient (Wildman–Crippen LogP) is 5.50. The third-order valence-electron chi connectivity index (χ3n) is 5.75. The van der Waals surface area contributed by atoms with E-state index in [4.69, 9.17) is 9.47 Å². The number of amides is 1. The van der Waals surface area contributed by atoms with E-state index in [1.54, 1.807) is 13.2 Å². The Morgan fingerprint density at radius 3 is 2.53 bits per heavy atom. The maximum Gasteiger partial charge on any atom is 0.341 e. The number of carbonyl (C=O) groups excluding carboxylic acids is 2. The molecule has 0 saturated carbocycles. The molecule has 0 aliphatic rings. The number of aromatic nitrogens is 3. The van der Waals surface area contributed by atoms with E-state index in [1.165, 1.54) is 35.8 Å². The lowest BCUT2D eigenvalue weighted by Gasteiger charge is -2.09. The van der Waals surface area contributed by atoms with Crippen LogP contribution in [0, 0.1) is 0 Å². The highest BCUT2D eigenvalue weighted by molar-refractivity contribution is 7.99. The molecule has 196 valence electrons. The third kappa shape index (κ3) is 6.51. The number of rotatable bonds is 12. The fraction of sp³-hybridized carbons (Fsp3) is 0.214. The Morgan fingerprint density at radius 1 is 1.08 bits per heavy atom. The molecule has 0 atom stereocenters. The van der Waals surface area contributed by atoms with E-state index in [1.807, 2.05) is 52.4 Å². The van der Waals surface area contributed by atoms with Crippen LogP contribution in [-0.4, -0.2) is 46.6 Å². The van der Waals surface area contributed by atoms with E-state index in [0.717, 1.165) is 24.2 Å². The summed E-state index contributed by atoms with van der Waals surface area (Å²) in [6, 6.07) is 17.5. The van der Waals surface area contributed by atoms with Gasteiger partial charge >= 0.3 is 5.97 Å². The molecule has 38 heavy (non-hydrogen) atoms. The molecule has 4 aromatic rings. The molecule has 2 aromatic heterocycles. The average Bonchev–Trinajstić information content (AvgIpc) is 3.55. The minimum Gasteiger partial charge on any atom is -0.497 e. The largest absolute Gasteiger partial charge is 0.497 e. The molecule has 8 nitrogen and oxygen atoms in total. The Kier molecular flexibility index (Phi) is 9.34. The number of thiophene rings is 1. The summed E-state index contributed by atoms with van der Waals surface area (Å²) >= 11 is 2.56. The zero-order valence-electron chi connectivity index (χ0n) is 21.2. The van der Waals surface area contributed by atoms with Gasteiger partial charge in [-0.2, -0.15) is 0 Å². The van der Waals surface area contributed by atoms with E-state index in [9.17, 15) is 9.59 Å². The average molecular weight is 549 g/mol. The Hall–Kier alpha value is -3.89. The molecule has 4 rings (SSSR count). The van der Waals surface area contributed by atoms with Crippen LogP contribution >= 0.6 is 23.1 Å². The molecule has 0 saturated heterocycles. The minimum atomic E-state index is -0.520. The van der Waals surface area contributed by atoms with Crippen molar-refractivity contribution in [2.24, 2.45) is 0 Å². The monoisotopic (exact) mass is 548 g/mol. The van der Waals surface area contributed by atoms with Gasteiger partial charge in [0.2, 0.25) is 5.91 Å². The molecule has 0 radical (unpaired) electrons. The van der Waals surface area contributed by atoms with Gasteiger partial charge in [-0.1, -0.05) is 60.3 Å². The van der Waals surface area contributed by atoms with Gasteiger partial charge < -0.3 is 19.4 Å². The van der Waals surface area contributed by atoms with Crippen LogP contribution < -0.4 is 10.1 Å². The quantitative estimate of drug-likeness (QED) is 0.142. The van der Waals surface area contributed by atoms with Crippen molar-refractivity contribution in [3.63, 3.8) is 0 Å². The predicted molar refractivity (Wildman–Crippen MR) is 151 cm³/mol. The Bertz CT molecular complexity index is 1400. The summed E-state index contributed by atoms with van der Waals surface area (Å²) in [6.07, 6.45) is 3.35. The second kappa shape index (κ2) is 13.1. The summed E-state index contributed by atoms with van der Waals surface area (Å²) < 4.78 is 12.2. The highest BCUT2D eigenvalue weighted by Gasteiger charge is 2.23. The van der Waals surface area contributed by atoms with Gasteiger partial charge in [0.05, 0.1) is 20.0 Å². The molecule has 1 amide bonds. The van der Waals surface area contributed by atoms with Crippen molar-refractivity contribution in [2.45, 2.75) is 24.5 Å². The first-order valence-electron chi connectivity index (χ1n) is 11.9. The SMILES string of the molecule is C=CCn1c(CCc2ccccc2)nnc1SCC(=O)Nc1scc(-c2ccc(OC)cc2)c1C(=O)OC. The number of thioether (sulfide) groups is 1. The second-order valence-electron chi connectivity index (χ2n) is 8.19. The fourth-order valence-corrected chi connectivity index (χ4v) is 5.59. The molecule has 0 aliphatic heterocycles. The number of esters is 1. The highest BCUT2D eigenvalue weighted by Crippen LogP contribution is 2.37. The molecule has 0 spiro atoms. The lowest BCUT2D eigenvalue weighted by Crippen LogP contribution is -2.16. The lowest BCUT2D eigenvalue weighted by molar-refractivity contribution is -0.113. The standard InChI is InChI=1S/C28H28N4O4S2/c1-4-16-32-23(15-10-19-8-6-5-7-9-19)30-31-28(32)38-18-24(33)29-26-25(27(34)36-3)22(17-37-26)20-11-13-21(35-2)14-12-20/h4-9,11-14,17H,1,10,15-16,18H2,2-3H3,(H,29,33). The Balaban J connectivity index is 1.45. The van der Waals surface area contributed by atoms with Crippen molar-refractivity contribution < 1.29 is 19.1 Å². The van der Waals surface area contributed by atoms with Gasteiger partial charge in [-0.15, -0.1) is 28.1 Å². The number of hydrogen-bond donors (Lipinski definition) is 1. The van der Waals surface area contributed by atoms with E-state index in [0.29, 0.717) is 33.6 Å². The summed E-state index contributed by atoms with van der Waals surface area (Å²) in [4.78, 5) is 25.5. The maximum absolute atomic E-state index is 12.9. The molecule has 2 heterocycles. The number of nitrogens with zero attached hydrogens (tertiary/aromatic N) is 3. The topological polar surface area (TPSA) is 95.3 Å². The van der Waals surface area contributed by atoms with Crippen LogP contribution in [0.25, 0.3) is 11.1 Å². The summed E-state index contributed by atoms with van der Waals surface area (Å²) in [5.41, 5.74) is 3.04. The van der Waals surface area contributed by atoms with Gasteiger partial charge in [0.1, 0.15) is 22.1 Å². The van der Waals surface area contributed by atoms with E-state index in [2.05, 4.69) is 34.2 Å². The van der Waals surface area contributed by atoms with Crippen molar-refractivity contribution in [3.05, 3.63) is 89.6 Å². The van der Waals surface area contributed by atoms with Crippen molar-refractivity contribution in [2.75, 3.05) is 25.3 Å². The number of ether oxygens (including phenoxy) is 2. The maximum atomic E-state index is 12.9. The second-order valence-corrected chi connectivity index (χ2v) is 10.0. The molecule has 10 heteroatoms. The third-order valence-corrected chi connectivity index (χ3v) is 7.61. The van der Waals surface area contributed by atoms with Gasteiger partial charge in [-0.05, 0) is 29.7 Å². The molecule has 0 unspecified atom stereocenters. The van der Waals surface area contributed by atoms with Crippen molar-refractivity contribution in [1.82, 2.24) is 14.8 Å². The zero-order valence-corrected chi connectivity index (χ0v) is 22.8. The van der Waals surface area contributed by atoms with Crippen LogP contribution in [0.5, 0.6) is 5.75 Å². The van der Waals surface area contributed by atoms with Gasteiger partial charge in [0, 0.05) is 23.9 Å². The van der Waals surface area contributed by atoms with Crippen LogP contribution in [0.4, 0.5) is 5.00 Å². The molecule has 0 bridgehead atoms. The molecule has 0 aliphatic carbocycles. The zero-order chi connectivity index (χ0) is 26.9. The minimum absolute atomic E-state index is 0.102. The number of nitrogens with one attached hydrogen (secondary N) is 1. The van der Waals surface area contributed by atoms with E-state index >= 15 is 0 Å². The fourth-order valence-electron chi connectivity index (χ4n) is 3.85. The molecular weight excluding hydrogens is 520 g/mol. The van der Waals surface area contributed by atoms with E-state index in [-0.39, 0.29) is 11.7 Å². The summed E-state index contributed by atoms with van der Waals surface area (Å²) in [5.74, 6) is 0.870. The molecule has 1 N–H and O–H groups in total.